The van der Waals surface area contributed by atoms with E-state index < -0.39 is 0 Å². The summed E-state index contributed by atoms with van der Waals surface area (Å²) in [5.41, 5.74) is 3.30. The second-order valence-electron chi connectivity index (χ2n) is 7.85. The number of nitrogens with zero attached hydrogens (tertiary/aromatic N) is 5. The minimum atomic E-state index is -0.304. The number of urea groups is 1. The molecular formula is C22H21ClN6O. The van der Waals surface area contributed by atoms with Gasteiger partial charge < -0.3 is 15.1 Å². The van der Waals surface area contributed by atoms with E-state index in [1.54, 1.807) is 18.5 Å². The lowest BCUT2D eigenvalue weighted by Gasteiger charge is -2.48. The molecule has 3 aromatic rings. The molecule has 0 aliphatic carbocycles. The summed E-state index contributed by atoms with van der Waals surface area (Å²) in [4.78, 5) is 25.4. The zero-order chi connectivity index (χ0) is 21.3. The molecule has 0 radical (unpaired) electrons. The number of nitriles is 1. The number of rotatable bonds is 2. The van der Waals surface area contributed by atoms with Crippen molar-refractivity contribution in [1.82, 2.24) is 14.9 Å². The lowest BCUT2D eigenvalue weighted by molar-refractivity contribution is 0.181. The van der Waals surface area contributed by atoms with Crippen LogP contribution in [0.3, 0.4) is 0 Å². The maximum atomic E-state index is 12.9. The Kier molecular flexibility index (Phi) is 5.18. The quantitative estimate of drug-likeness (QED) is 0.668. The summed E-state index contributed by atoms with van der Waals surface area (Å²) in [6.07, 6.45) is 3.27. The van der Waals surface area contributed by atoms with Crippen molar-refractivity contribution >= 4 is 40.0 Å². The van der Waals surface area contributed by atoms with Gasteiger partial charge in [0.15, 0.2) is 0 Å². The fraction of sp³-hybridized carbons (Fsp3) is 0.273. The fourth-order valence-electron chi connectivity index (χ4n) is 3.81. The van der Waals surface area contributed by atoms with Gasteiger partial charge in [-0.1, -0.05) is 11.6 Å². The van der Waals surface area contributed by atoms with E-state index in [0.29, 0.717) is 35.9 Å². The molecule has 0 unspecified atom stereocenters. The Morgan fingerprint density at radius 2 is 1.90 bits per heavy atom. The van der Waals surface area contributed by atoms with Gasteiger partial charge >= 0.3 is 6.03 Å². The number of hydrogen-bond donors (Lipinski definition) is 1. The highest BCUT2D eigenvalue weighted by atomic mass is 35.5. The van der Waals surface area contributed by atoms with Gasteiger partial charge in [0.25, 0.3) is 0 Å². The Hall–Kier alpha value is -3.37. The average Bonchev–Trinajstić information content (AvgIpc) is 2.73. The Morgan fingerprint density at radius 3 is 2.60 bits per heavy atom. The number of amides is 2. The van der Waals surface area contributed by atoms with Crippen molar-refractivity contribution in [2.24, 2.45) is 0 Å². The van der Waals surface area contributed by atoms with Crippen molar-refractivity contribution in [3.05, 3.63) is 59.4 Å². The topological polar surface area (TPSA) is 85.2 Å². The summed E-state index contributed by atoms with van der Waals surface area (Å²) in [5, 5.41) is 12.5. The molecule has 2 aromatic carbocycles. The highest BCUT2D eigenvalue weighted by molar-refractivity contribution is 6.32. The number of anilines is 2. The Bertz CT molecular complexity index is 1160. The minimum absolute atomic E-state index is 0.149. The molecule has 30 heavy (non-hydrogen) atoms. The van der Waals surface area contributed by atoms with Gasteiger partial charge in [-0.3, -0.25) is 9.97 Å². The van der Waals surface area contributed by atoms with Crippen LogP contribution in [-0.2, 0) is 0 Å². The second-order valence-corrected chi connectivity index (χ2v) is 8.26. The van der Waals surface area contributed by atoms with Crippen LogP contribution in [0.25, 0.3) is 11.0 Å². The smallest absolute Gasteiger partial charge is 0.321 e. The van der Waals surface area contributed by atoms with Gasteiger partial charge in [0.1, 0.15) is 6.07 Å². The van der Waals surface area contributed by atoms with Crippen LogP contribution in [0.1, 0.15) is 19.4 Å². The van der Waals surface area contributed by atoms with E-state index >= 15 is 0 Å². The fourth-order valence-corrected chi connectivity index (χ4v) is 4.03. The number of benzene rings is 2. The summed E-state index contributed by atoms with van der Waals surface area (Å²) < 4.78 is 0. The van der Waals surface area contributed by atoms with E-state index in [4.69, 9.17) is 16.9 Å². The number of nitrogens with one attached hydrogen (secondary N) is 1. The largest absolute Gasteiger partial charge is 0.363 e. The Morgan fingerprint density at radius 1 is 1.13 bits per heavy atom. The van der Waals surface area contributed by atoms with Crippen molar-refractivity contribution in [3.63, 3.8) is 0 Å². The van der Waals surface area contributed by atoms with E-state index in [1.807, 2.05) is 35.2 Å². The van der Waals surface area contributed by atoms with Crippen LogP contribution in [0.5, 0.6) is 0 Å². The molecule has 1 saturated heterocycles. The Balaban J connectivity index is 1.47. The third-order valence-electron chi connectivity index (χ3n) is 5.29. The van der Waals surface area contributed by atoms with Gasteiger partial charge in [-0.05, 0) is 50.2 Å². The number of aromatic nitrogens is 2. The van der Waals surface area contributed by atoms with Gasteiger partial charge in [0, 0.05) is 43.4 Å². The molecule has 0 atom stereocenters. The van der Waals surface area contributed by atoms with Crippen molar-refractivity contribution in [2.45, 2.75) is 19.4 Å². The lowest BCUT2D eigenvalue weighted by atomic mass is 9.97. The lowest BCUT2D eigenvalue weighted by Crippen LogP contribution is -2.61. The summed E-state index contributed by atoms with van der Waals surface area (Å²) in [6.45, 7) is 5.95. The second kappa shape index (κ2) is 7.81. The molecule has 1 aliphatic rings. The molecule has 2 heterocycles. The first kappa shape index (κ1) is 19.9. The van der Waals surface area contributed by atoms with Crippen LogP contribution in [0, 0.1) is 11.3 Å². The standard InChI is InChI=1S/C22H21ClN6O/c1-22(2)14-28(9-10-29(22)17-5-3-15(13-24)18(23)12-17)21(30)27-16-4-6-19-20(11-16)26-8-7-25-19/h3-8,11-12H,9-10,14H2,1-2H3,(H,27,30). The monoisotopic (exact) mass is 420 g/mol. The van der Waals surface area contributed by atoms with Gasteiger partial charge in [-0.25, -0.2) is 4.79 Å². The van der Waals surface area contributed by atoms with E-state index in [2.05, 4.69) is 40.1 Å². The van der Waals surface area contributed by atoms with Crippen molar-refractivity contribution in [1.29, 1.82) is 5.26 Å². The Labute approximate surface area is 179 Å². The number of halogens is 1. The summed E-state index contributed by atoms with van der Waals surface area (Å²) >= 11 is 6.22. The van der Waals surface area contributed by atoms with Crippen LogP contribution < -0.4 is 10.2 Å². The van der Waals surface area contributed by atoms with E-state index in [1.165, 1.54) is 0 Å². The van der Waals surface area contributed by atoms with Crippen LogP contribution in [-0.4, -0.2) is 46.1 Å². The van der Waals surface area contributed by atoms with Crippen LogP contribution in [0.4, 0.5) is 16.2 Å². The van der Waals surface area contributed by atoms with Gasteiger partial charge in [0.2, 0.25) is 0 Å². The molecule has 1 N–H and O–H groups in total. The van der Waals surface area contributed by atoms with Gasteiger partial charge in [-0.2, -0.15) is 5.26 Å². The van der Waals surface area contributed by atoms with Gasteiger partial charge in [0.05, 0.1) is 27.2 Å². The first-order valence-electron chi connectivity index (χ1n) is 9.61. The third-order valence-corrected chi connectivity index (χ3v) is 5.61. The first-order chi connectivity index (χ1) is 14.4. The van der Waals surface area contributed by atoms with E-state index in [0.717, 1.165) is 16.7 Å². The van der Waals surface area contributed by atoms with Gasteiger partial charge in [-0.15, -0.1) is 0 Å². The highest BCUT2D eigenvalue weighted by Crippen LogP contribution is 2.31. The number of piperazine rings is 1. The van der Waals surface area contributed by atoms with Crippen LogP contribution in [0.2, 0.25) is 5.02 Å². The average molecular weight is 421 g/mol. The molecule has 2 amide bonds. The SMILES string of the molecule is CC1(C)CN(C(=O)Nc2ccc3nccnc3c2)CCN1c1ccc(C#N)c(Cl)c1. The molecule has 0 bridgehead atoms. The van der Waals surface area contributed by atoms with Crippen molar-refractivity contribution in [3.8, 4) is 6.07 Å². The maximum Gasteiger partial charge on any atom is 0.321 e. The molecule has 1 fully saturated rings. The molecule has 7 nitrogen and oxygen atoms in total. The molecule has 0 saturated carbocycles. The van der Waals surface area contributed by atoms with E-state index in [9.17, 15) is 4.79 Å². The number of carbonyl (C=O) groups excluding carboxylic acids is 1. The zero-order valence-corrected chi connectivity index (χ0v) is 17.5. The molecular weight excluding hydrogens is 400 g/mol. The zero-order valence-electron chi connectivity index (χ0n) is 16.8. The number of carbonyl (C=O) groups is 1. The normalized spacial score (nSPS) is 15.7. The van der Waals surface area contributed by atoms with Crippen LogP contribution in [0.15, 0.2) is 48.8 Å². The van der Waals surface area contributed by atoms with Crippen molar-refractivity contribution < 1.29 is 4.79 Å². The molecule has 4 rings (SSSR count). The summed E-state index contributed by atoms with van der Waals surface area (Å²) in [7, 11) is 0. The third kappa shape index (κ3) is 3.87. The van der Waals surface area contributed by atoms with Crippen LogP contribution >= 0.6 is 11.6 Å². The summed E-state index contributed by atoms with van der Waals surface area (Å²) in [6, 6.07) is 12.9. The molecule has 8 heteroatoms. The maximum absolute atomic E-state index is 12.9. The molecule has 1 aliphatic heterocycles. The predicted molar refractivity (Wildman–Crippen MR) is 118 cm³/mol. The minimum Gasteiger partial charge on any atom is -0.363 e. The molecule has 0 spiro atoms. The number of fused-ring (bicyclic) bond motifs is 1. The first-order valence-corrected chi connectivity index (χ1v) is 9.99. The number of hydrogen-bond acceptors (Lipinski definition) is 5. The molecule has 152 valence electrons. The predicted octanol–water partition coefficient (Wildman–Crippen LogP) is 4.29. The van der Waals surface area contributed by atoms with Crippen molar-refractivity contribution in [2.75, 3.05) is 29.9 Å². The summed E-state index contributed by atoms with van der Waals surface area (Å²) in [5.74, 6) is 0. The van der Waals surface area contributed by atoms with E-state index in [-0.39, 0.29) is 11.6 Å². The molecule has 1 aromatic heterocycles. The highest BCUT2D eigenvalue weighted by Gasteiger charge is 2.36.